The molecule has 0 bridgehead atoms. The molecule has 7 atom stereocenters. The maximum Gasteiger partial charge on any atom is 0.380 e. The third-order valence-corrected chi connectivity index (χ3v) is 8.42. The number of carbonyl (C=O) groups excluding carboxylic acids is 1. The van der Waals surface area contributed by atoms with E-state index in [1.165, 1.54) is 38.1 Å². The van der Waals surface area contributed by atoms with Crippen molar-refractivity contribution in [3.8, 4) is 18.6 Å². The molecule has 0 aliphatic carbocycles. The van der Waals surface area contributed by atoms with Gasteiger partial charge in [-0.3, -0.25) is 23.7 Å². The number of esters is 1. The van der Waals surface area contributed by atoms with Crippen molar-refractivity contribution in [2.24, 2.45) is 5.92 Å². The van der Waals surface area contributed by atoms with E-state index in [2.05, 4.69) is 17.8 Å². The Bertz CT molecular complexity index is 1320. The van der Waals surface area contributed by atoms with E-state index in [-0.39, 0.29) is 18.0 Å². The molecule has 0 amide bonds. The molecule has 1 fully saturated rings. The van der Waals surface area contributed by atoms with Crippen LogP contribution in [0.4, 0.5) is 0 Å². The summed E-state index contributed by atoms with van der Waals surface area (Å²) in [6.45, 7) is 5.84. The topological polar surface area (TPSA) is 166 Å². The summed E-state index contributed by atoms with van der Waals surface area (Å²) < 4.78 is 37.1. The summed E-state index contributed by atoms with van der Waals surface area (Å²) in [7, 11) is -4.08. The van der Waals surface area contributed by atoms with Gasteiger partial charge in [-0.25, -0.2) is 9.36 Å². The van der Waals surface area contributed by atoms with Gasteiger partial charge in [0.2, 0.25) is 0 Å². The van der Waals surface area contributed by atoms with Crippen LogP contribution in [-0.4, -0.2) is 62.4 Å². The van der Waals surface area contributed by atoms with Crippen LogP contribution >= 0.6 is 19.2 Å². The number of hydrogen-bond donors (Lipinski definition) is 3. The lowest BCUT2D eigenvalue weighted by molar-refractivity contribution is -0.152. The van der Waals surface area contributed by atoms with Crippen LogP contribution in [0.25, 0.3) is 0 Å². The normalized spacial score (nSPS) is 25.1. The van der Waals surface area contributed by atoms with Crippen LogP contribution < -0.4 is 15.8 Å². The van der Waals surface area contributed by atoms with Crippen molar-refractivity contribution in [3.63, 3.8) is 0 Å². The van der Waals surface area contributed by atoms with Gasteiger partial charge in [0.1, 0.15) is 23.6 Å². The Hall–Kier alpha value is -2.91. The summed E-state index contributed by atoms with van der Waals surface area (Å²) in [6.07, 6.45) is 4.81. The molecule has 2 heterocycles. The summed E-state index contributed by atoms with van der Waals surface area (Å²) >= 11 is 5.92. The second kappa shape index (κ2) is 14.1. The highest BCUT2D eigenvalue weighted by molar-refractivity contribution is 7.54. The first-order chi connectivity index (χ1) is 18.8. The van der Waals surface area contributed by atoms with E-state index in [1.54, 1.807) is 6.92 Å². The number of ether oxygens (including phenoxy) is 2. The van der Waals surface area contributed by atoms with Crippen molar-refractivity contribution < 1.29 is 38.1 Å². The van der Waals surface area contributed by atoms with Gasteiger partial charge in [0, 0.05) is 17.3 Å². The van der Waals surface area contributed by atoms with Crippen LogP contribution in [0, 0.1) is 18.8 Å². The summed E-state index contributed by atoms with van der Waals surface area (Å²) in [5.41, 5.74) is -3.49. The monoisotopic (exact) mass is 600 g/mol. The molecule has 1 aliphatic heterocycles. The summed E-state index contributed by atoms with van der Waals surface area (Å²) in [4.78, 5) is 38.2. The van der Waals surface area contributed by atoms with E-state index >= 15 is 0 Å². The molecule has 0 radical (unpaired) electrons. The lowest BCUT2D eigenvalue weighted by Crippen LogP contribution is -2.46. The molecular formula is C26H34ClN2O10P. The van der Waals surface area contributed by atoms with E-state index < -0.39 is 61.4 Å². The number of carbonyl (C=O) groups is 1. The zero-order valence-electron chi connectivity index (χ0n) is 22.6. The van der Waals surface area contributed by atoms with Crippen LogP contribution in [0.2, 0.25) is 5.02 Å². The molecule has 3 rings (SSSR count). The van der Waals surface area contributed by atoms with Crippen LogP contribution in [0.3, 0.4) is 0 Å². The average molecular weight is 601 g/mol. The third-order valence-electron chi connectivity index (χ3n) is 6.14. The number of hydrogen-bond acceptors (Lipinski definition) is 10. The third kappa shape index (κ3) is 8.30. The molecule has 2 aromatic rings. The maximum absolute atomic E-state index is 13.8. The smallest absolute Gasteiger partial charge is 0.380 e. The quantitative estimate of drug-likeness (QED) is 0.198. The number of rotatable bonds is 11. The van der Waals surface area contributed by atoms with Gasteiger partial charge < -0.3 is 24.2 Å². The van der Waals surface area contributed by atoms with Crippen LogP contribution in [0.1, 0.15) is 40.3 Å². The SMILES string of the molecule is C#C.CC[C@@H](C)OC(=O)[C@H](C)CP(=O)(OC[C@H]1O[C@@H](n2ccc(=O)[nH]c2=O)[C@](C)(O)[C@@H]1O)Oc1ccc(Cl)cc1. The van der Waals surface area contributed by atoms with E-state index in [1.807, 2.05) is 6.92 Å². The highest BCUT2D eigenvalue weighted by atomic mass is 35.5. The number of aromatic amines is 1. The molecule has 12 nitrogen and oxygen atoms in total. The van der Waals surface area contributed by atoms with Crippen molar-refractivity contribution in [2.75, 3.05) is 12.8 Å². The fourth-order valence-corrected chi connectivity index (χ4v) is 5.75. The predicted octanol–water partition coefficient (Wildman–Crippen LogP) is 2.72. The average Bonchev–Trinajstić information content (AvgIpc) is 3.13. The Balaban J connectivity index is 0.00000274. The molecule has 1 aromatic heterocycles. The zero-order chi connectivity index (χ0) is 30.3. The summed E-state index contributed by atoms with van der Waals surface area (Å²) in [5, 5.41) is 22.1. The number of benzene rings is 1. The second-order valence-corrected chi connectivity index (χ2v) is 11.9. The Labute approximate surface area is 236 Å². The van der Waals surface area contributed by atoms with Gasteiger partial charge in [-0.2, -0.15) is 0 Å². The first-order valence-electron chi connectivity index (χ1n) is 12.4. The Morgan fingerprint density at radius 2 is 1.88 bits per heavy atom. The number of nitrogens with one attached hydrogen (secondary N) is 1. The minimum atomic E-state index is -4.08. The number of aliphatic hydroxyl groups excluding tert-OH is 1. The van der Waals surface area contributed by atoms with E-state index in [9.17, 15) is 29.2 Å². The molecule has 1 aliphatic rings. The van der Waals surface area contributed by atoms with Crippen molar-refractivity contribution in [3.05, 3.63) is 62.4 Å². The standard InChI is InChI=1S/C24H32ClN2O10P.C2H2/c1-5-15(3)35-21(30)14(2)13-38(33,37-17-8-6-16(25)7-9-17)34-12-18-20(29)24(4,32)22(36-18)27-11-10-19(28)26-23(27)31;1-2/h6-11,14-15,18,20,22,29,32H,5,12-13H2,1-4H3,(H,26,28,31);1-2H/t14-,15-,18-,20-,22-,24-,38?;/m1./s1. The van der Waals surface area contributed by atoms with Gasteiger partial charge in [0.25, 0.3) is 5.56 Å². The molecule has 220 valence electrons. The largest absolute Gasteiger partial charge is 0.462 e. The van der Waals surface area contributed by atoms with E-state index in [4.69, 9.17) is 30.1 Å². The molecule has 0 saturated carbocycles. The Kier molecular flexibility index (Phi) is 11.8. The zero-order valence-corrected chi connectivity index (χ0v) is 24.2. The minimum Gasteiger partial charge on any atom is -0.462 e. The molecule has 1 saturated heterocycles. The summed E-state index contributed by atoms with van der Waals surface area (Å²) in [6, 6.07) is 7.06. The van der Waals surface area contributed by atoms with Crippen molar-refractivity contribution in [1.29, 1.82) is 0 Å². The predicted molar refractivity (Wildman–Crippen MR) is 147 cm³/mol. The van der Waals surface area contributed by atoms with Gasteiger partial charge >= 0.3 is 19.3 Å². The molecule has 14 heteroatoms. The van der Waals surface area contributed by atoms with Gasteiger partial charge in [-0.1, -0.05) is 25.4 Å². The van der Waals surface area contributed by atoms with Crippen molar-refractivity contribution >= 4 is 25.2 Å². The van der Waals surface area contributed by atoms with Crippen LogP contribution in [0.5, 0.6) is 5.75 Å². The highest BCUT2D eigenvalue weighted by Gasteiger charge is 2.54. The number of nitrogens with zero attached hydrogens (tertiary/aromatic N) is 1. The number of H-pyrrole nitrogens is 1. The molecule has 3 N–H and O–H groups in total. The van der Waals surface area contributed by atoms with Gasteiger partial charge in [-0.05, 0) is 44.5 Å². The number of aliphatic hydroxyl groups is 2. The van der Waals surface area contributed by atoms with Gasteiger partial charge in [0.05, 0.1) is 24.8 Å². The first-order valence-corrected chi connectivity index (χ1v) is 14.5. The number of halogens is 1. The second-order valence-electron chi connectivity index (χ2n) is 9.41. The van der Waals surface area contributed by atoms with Crippen LogP contribution in [-0.2, 0) is 23.4 Å². The van der Waals surface area contributed by atoms with E-state index in [0.29, 0.717) is 11.4 Å². The van der Waals surface area contributed by atoms with Crippen molar-refractivity contribution in [2.45, 2.75) is 64.3 Å². The Morgan fingerprint density at radius 1 is 1.25 bits per heavy atom. The molecule has 1 unspecified atom stereocenters. The molecule has 40 heavy (non-hydrogen) atoms. The minimum absolute atomic E-state index is 0.165. The molecular weight excluding hydrogens is 567 g/mol. The summed E-state index contributed by atoms with van der Waals surface area (Å²) in [5.74, 6) is -1.29. The van der Waals surface area contributed by atoms with Crippen molar-refractivity contribution in [1.82, 2.24) is 9.55 Å². The lowest BCUT2D eigenvalue weighted by atomic mass is 9.96. The number of aromatic nitrogens is 2. The maximum atomic E-state index is 13.8. The molecule has 0 spiro atoms. The van der Waals surface area contributed by atoms with Crippen LogP contribution in [0.15, 0.2) is 46.1 Å². The van der Waals surface area contributed by atoms with Gasteiger partial charge in [0.15, 0.2) is 6.23 Å². The lowest BCUT2D eigenvalue weighted by Gasteiger charge is -2.27. The Morgan fingerprint density at radius 3 is 2.45 bits per heavy atom. The van der Waals surface area contributed by atoms with E-state index in [0.717, 1.165) is 16.8 Å². The first kappa shape index (κ1) is 33.3. The fourth-order valence-electron chi connectivity index (χ4n) is 3.76. The number of terminal acetylenes is 1. The highest BCUT2D eigenvalue weighted by Crippen LogP contribution is 2.51. The molecule has 1 aromatic carbocycles. The van der Waals surface area contributed by atoms with Gasteiger partial charge in [-0.15, -0.1) is 12.8 Å². The fraction of sp³-hybridized carbons (Fsp3) is 0.500.